The Morgan fingerprint density at radius 1 is 1.47 bits per heavy atom. The van der Waals surface area contributed by atoms with Crippen LogP contribution in [0.15, 0.2) is 18.2 Å². The van der Waals surface area contributed by atoms with Crippen molar-refractivity contribution in [1.29, 1.82) is 0 Å². The Morgan fingerprint density at radius 3 is 2.60 bits per heavy atom. The molecule has 1 saturated carbocycles. The molecule has 0 aliphatic heterocycles. The largest absolute Gasteiger partial charge is 0.481 e. The number of benzene rings is 1. The molecule has 0 bridgehead atoms. The summed E-state index contributed by atoms with van der Waals surface area (Å²) in [6.07, 6.45) is 1.79. The fraction of sp³-hybridized carbons (Fsp3) is 0.364. The van der Waals surface area contributed by atoms with E-state index in [0.717, 1.165) is 6.42 Å². The molecule has 0 heterocycles. The van der Waals surface area contributed by atoms with Gasteiger partial charge in [-0.05, 0) is 18.9 Å². The fourth-order valence-electron chi connectivity index (χ4n) is 2.00. The van der Waals surface area contributed by atoms with Crippen molar-refractivity contribution in [3.8, 4) is 0 Å². The van der Waals surface area contributed by atoms with Crippen LogP contribution in [0.3, 0.4) is 0 Å². The first-order valence-electron chi connectivity index (χ1n) is 4.76. The predicted molar refractivity (Wildman–Crippen MR) is 54.6 cm³/mol. The molecule has 0 saturated heterocycles. The van der Waals surface area contributed by atoms with Gasteiger partial charge in [-0.2, -0.15) is 0 Å². The molecule has 0 spiro atoms. The van der Waals surface area contributed by atoms with Gasteiger partial charge in [-0.15, -0.1) is 0 Å². The highest BCUT2D eigenvalue weighted by molar-refractivity contribution is 6.30. The van der Waals surface area contributed by atoms with E-state index < -0.39 is 17.2 Å². The first-order valence-corrected chi connectivity index (χ1v) is 5.13. The summed E-state index contributed by atoms with van der Waals surface area (Å²) in [4.78, 5) is 11.2. The van der Waals surface area contributed by atoms with E-state index in [1.54, 1.807) is 6.07 Å². The molecule has 0 atom stereocenters. The Labute approximate surface area is 91.7 Å². The number of aliphatic carboxylic acids is 1. The highest BCUT2D eigenvalue weighted by atomic mass is 35.5. The van der Waals surface area contributed by atoms with E-state index in [1.165, 1.54) is 12.1 Å². The number of hydrogen-bond acceptors (Lipinski definition) is 1. The Hall–Kier alpha value is -1.09. The topological polar surface area (TPSA) is 37.3 Å². The van der Waals surface area contributed by atoms with Gasteiger partial charge in [-0.3, -0.25) is 4.79 Å². The van der Waals surface area contributed by atoms with Crippen LogP contribution < -0.4 is 0 Å². The number of carbonyl (C=O) groups is 1. The minimum absolute atomic E-state index is 0.0139. The van der Waals surface area contributed by atoms with Crippen molar-refractivity contribution in [3.63, 3.8) is 0 Å². The molecule has 1 fully saturated rings. The van der Waals surface area contributed by atoms with Crippen molar-refractivity contribution in [1.82, 2.24) is 0 Å². The molecule has 1 N–H and O–H groups in total. The summed E-state index contributed by atoms with van der Waals surface area (Å²) < 4.78 is 13.7. The zero-order valence-electron chi connectivity index (χ0n) is 7.96. The Kier molecular flexibility index (Phi) is 2.43. The van der Waals surface area contributed by atoms with Crippen LogP contribution in [0, 0.1) is 5.82 Å². The molecule has 1 aromatic carbocycles. The lowest BCUT2D eigenvalue weighted by Gasteiger charge is -2.38. The zero-order valence-corrected chi connectivity index (χ0v) is 8.72. The van der Waals surface area contributed by atoms with Crippen LogP contribution in [0.1, 0.15) is 24.8 Å². The molecule has 15 heavy (non-hydrogen) atoms. The van der Waals surface area contributed by atoms with E-state index in [0.29, 0.717) is 12.8 Å². The molecule has 0 unspecified atom stereocenters. The Bertz CT molecular complexity index is 413. The number of carboxylic acid groups (broad SMARTS) is 1. The van der Waals surface area contributed by atoms with E-state index in [-0.39, 0.29) is 10.6 Å². The van der Waals surface area contributed by atoms with Crippen LogP contribution in [-0.2, 0) is 10.2 Å². The zero-order chi connectivity index (χ0) is 11.1. The van der Waals surface area contributed by atoms with E-state index in [2.05, 4.69) is 0 Å². The molecular weight excluding hydrogens is 219 g/mol. The highest BCUT2D eigenvalue weighted by Gasteiger charge is 2.47. The van der Waals surface area contributed by atoms with Crippen molar-refractivity contribution in [2.24, 2.45) is 0 Å². The molecule has 2 nitrogen and oxygen atoms in total. The average Bonchev–Trinajstić information content (AvgIpc) is 2.09. The fourth-order valence-corrected chi connectivity index (χ4v) is 2.18. The van der Waals surface area contributed by atoms with Gasteiger partial charge in [0.05, 0.1) is 10.4 Å². The summed E-state index contributed by atoms with van der Waals surface area (Å²) in [5, 5.41) is 9.13. The maximum atomic E-state index is 13.7. The average molecular weight is 229 g/mol. The lowest BCUT2D eigenvalue weighted by Crippen LogP contribution is -2.43. The summed E-state index contributed by atoms with van der Waals surface area (Å²) in [7, 11) is 0. The summed E-state index contributed by atoms with van der Waals surface area (Å²) in [6.45, 7) is 0. The highest BCUT2D eigenvalue weighted by Crippen LogP contribution is 2.45. The standard InChI is InChI=1S/C11H10ClFO2/c12-8-4-1-3-7(9(8)13)11(10(14)15)5-2-6-11/h1,3-4H,2,5-6H2,(H,14,15). The second kappa shape index (κ2) is 3.49. The molecule has 0 amide bonds. The minimum Gasteiger partial charge on any atom is -0.481 e. The van der Waals surface area contributed by atoms with Crippen LogP contribution in [0.5, 0.6) is 0 Å². The van der Waals surface area contributed by atoms with Crippen molar-refractivity contribution in [3.05, 3.63) is 34.6 Å². The number of halogens is 2. The van der Waals surface area contributed by atoms with Gasteiger partial charge in [0.1, 0.15) is 5.82 Å². The molecule has 2 rings (SSSR count). The Morgan fingerprint density at radius 2 is 2.13 bits per heavy atom. The van der Waals surface area contributed by atoms with Crippen LogP contribution in [-0.4, -0.2) is 11.1 Å². The van der Waals surface area contributed by atoms with Crippen molar-refractivity contribution >= 4 is 17.6 Å². The van der Waals surface area contributed by atoms with Gasteiger partial charge in [0.25, 0.3) is 0 Å². The maximum Gasteiger partial charge on any atom is 0.314 e. The second-order valence-corrected chi connectivity index (χ2v) is 4.25. The second-order valence-electron chi connectivity index (χ2n) is 3.84. The third kappa shape index (κ3) is 1.42. The summed E-state index contributed by atoms with van der Waals surface area (Å²) >= 11 is 5.64. The summed E-state index contributed by atoms with van der Waals surface area (Å²) in [5.41, 5.74) is -0.830. The van der Waals surface area contributed by atoms with E-state index >= 15 is 0 Å². The SMILES string of the molecule is O=C(O)C1(c2cccc(Cl)c2F)CCC1. The van der Waals surface area contributed by atoms with Crippen LogP contribution in [0.4, 0.5) is 4.39 Å². The van der Waals surface area contributed by atoms with E-state index in [1.807, 2.05) is 0 Å². The quantitative estimate of drug-likeness (QED) is 0.845. The molecule has 0 radical (unpaired) electrons. The predicted octanol–water partition coefficient (Wildman–Crippen LogP) is 2.99. The van der Waals surface area contributed by atoms with Crippen molar-refractivity contribution in [2.75, 3.05) is 0 Å². The van der Waals surface area contributed by atoms with Gasteiger partial charge in [-0.25, -0.2) is 4.39 Å². The van der Waals surface area contributed by atoms with Gasteiger partial charge < -0.3 is 5.11 Å². The number of rotatable bonds is 2. The van der Waals surface area contributed by atoms with Gasteiger partial charge in [0.2, 0.25) is 0 Å². The number of hydrogen-bond donors (Lipinski definition) is 1. The van der Waals surface area contributed by atoms with E-state index in [9.17, 15) is 9.18 Å². The molecular formula is C11H10ClFO2. The molecule has 1 aliphatic carbocycles. The molecule has 1 aromatic rings. The van der Waals surface area contributed by atoms with Crippen LogP contribution >= 0.6 is 11.6 Å². The van der Waals surface area contributed by atoms with E-state index in [4.69, 9.17) is 16.7 Å². The van der Waals surface area contributed by atoms with Crippen molar-refractivity contribution in [2.45, 2.75) is 24.7 Å². The molecule has 1 aliphatic rings. The third-order valence-corrected chi connectivity index (χ3v) is 3.38. The smallest absolute Gasteiger partial charge is 0.314 e. The first kappa shape index (κ1) is 10.4. The molecule has 0 aromatic heterocycles. The van der Waals surface area contributed by atoms with Gasteiger partial charge >= 0.3 is 5.97 Å². The monoisotopic (exact) mass is 228 g/mol. The molecule has 80 valence electrons. The first-order chi connectivity index (χ1) is 7.08. The lowest BCUT2D eigenvalue weighted by atomic mass is 9.64. The lowest BCUT2D eigenvalue weighted by molar-refractivity contribution is -0.147. The normalized spacial score (nSPS) is 18.3. The third-order valence-electron chi connectivity index (χ3n) is 3.08. The maximum absolute atomic E-state index is 13.7. The van der Waals surface area contributed by atoms with Gasteiger partial charge in [-0.1, -0.05) is 30.2 Å². The summed E-state index contributed by atoms with van der Waals surface area (Å²) in [5.74, 6) is -1.56. The number of carboxylic acids is 1. The summed E-state index contributed by atoms with van der Waals surface area (Å²) in [6, 6.07) is 4.52. The van der Waals surface area contributed by atoms with Crippen molar-refractivity contribution < 1.29 is 14.3 Å². The van der Waals surface area contributed by atoms with Gasteiger partial charge in [0, 0.05) is 5.56 Å². The van der Waals surface area contributed by atoms with Crippen LogP contribution in [0.2, 0.25) is 5.02 Å². The molecule has 4 heteroatoms. The Balaban J connectivity index is 2.53. The van der Waals surface area contributed by atoms with Gasteiger partial charge in [0.15, 0.2) is 0 Å². The minimum atomic E-state index is -1.05. The van der Waals surface area contributed by atoms with Crippen LogP contribution in [0.25, 0.3) is 0 Å².